The molecule has 15 heavy (non-hydrogen) atoms. The summed E-state index contributed by atoms with van der Waals surface area (Å²) in [5, 5.41) is 28.6. The number of carbonyl (C=O) groups is 1. The Labute approximate surface area is 86.3 Å². The minimum Gasteiger partial charge on any atom is -0.478 e. The van der Waals surface area contributed by atoms with Crippen LogP contribution in [0.15, 0.2) is 23.8 Å². The minimum absolute atomic E-state index is 0.0688. The largest absolute Gasteiger partial charge is 0.478 e. The summed E-state index contributed by atoms with van der Waals surface area (Å²) in [5.74, 6) is -1.09. The maximum atomic E-state index is 10.8. The Bertz CT molecular complexity index is 346. The van der Waals surface area contributed by atoms with Crippen molar-refractivity contribution in [2.75, 3.05) is 6.61 Å². The summed E-state index contributed by atoms with van der Waals surface area (Å²) in [5.41, 5.74) is -1.55. The number of carboxylic acids is 1. The molecule has 5 heteroatoms. The van der Waals surface area contributed by atoms with Gasteiger partial charge in [0.25, 0.3) is 0 Å². The molecule has 0 radical (unpaired) electrons. The molecule has 0 spiro atoms. The third-order valence-corrected chi connectivity index (χ3v) is 2.72. The molecule has 1 aliphatic heterocycles. The topological polar surface area (TPSA) is 87.0 Å². The third kappa shape index (κ3) is 1.69. The maximum Gasteiger partial charge on any atom is 0.331 e. The zero-order valence-corrected chi connectivity index (χ0v) is 7.96. The monoisotopic (exact) mass is 212 g/mol. The Kier molecular flexibility index (Phi) is 2.38. The van der Waals surface area contributed by atoms with Gasteiger partial charge in [-0.2, -0.15) is 0 Å². The first-order valence-corrected chi connectivity index (χ1v) is 4.68. The molecule has 3 N–H and O–H groups in total. The highest BCUT2D eigenvalue weighted by molar-refractivity contribution is 5.87. The van der Waals surface area contributed by atoms with E-state index >= 15 is 0 Å². The summed E-state index contributed by atoms with van der Waals surface area (Å²) in [4.78, 5) is 10.8. The number of carboxylic acid groups (broad SMARTS) is 1. The average molecular weight is 212 g/mol. The normalized spacial score (nSPS) is 39.5. The number of hydrogen-bond donors (Lipinski definition) is 3. The van der Waals surface area contributed by atoms with E-state index in [1.165, 1.54) is 12.2 Å². The number of aliphatic carboxylic acids is 1. The Balaban J connectivity index is 2.42. The minimum atomic E-state index is -1.62. The molecule has 0 aromatic rings. The molecule has 2 aliphatic rings. The van der Waals surface area contributed by atoms with Gasteiger partial charge in [-0.25, -0.2) is 4.79 Å². The summed E-state index contributed by atoms with van der Waals surface area (Å²) < 4.78 is 5.23. The lowest BCUT2D eigenvalue weighted by Crippen LogP contribution is -2.50. The number of aliphatic hydroxyl groups excluding tert-OH is 1. The van der Waals surface area contributed by atoms with Gasteiger partial charge in [-0.1, -0.05) is 6.08 Å². The molecule has 3 atom stereocenters. The van der Waals surface area contributed by atoms with Crippen molar-refractivity contribution in [3.05, 3.63) is 23.8 Å². The first-order valence-electron chi connectivity index (χ1n) is 4.68. The van der Waals surface area contributed by atoms with Gasteiger partial charge in [0.15, 0.2) is 0 Å². The highest BCUT2D eigenvalue weighted by Gasteiger charge is 2.44. The van der Waals surface area contributed by atoms with E-state index in [0.29, 0.717) is 0 Å². The van der Waals surface area contributed by atoms with Crippen molar-refractivity contribution in [1.82, 2.24) is 0 Å². The van der Waals surface area contributed by atoms with Gasteiger partial charge in [0.05, 0.1) is 12.7 Å². The van der Waals surface area contributed by atoms with Crippen LogP contribution in [0.2, 0.25) is 0 Å². The summed E-state index contributed by atoms with van der Waals surface area (Å²) >= 11 is 0. The van der Waals surface area contributed by atoms with Crippen LogP contribution in [0.25, 0.3) is 0 Å². The molecule has 0 fully saturated rings. The molecule has 82 valence electrons. The van der Waals surface area contributed by atoms with E-state index in [-0.39, 0.29) is 18.6 Å². The molecule has 0 saturated carbocycles. The molecule has 0 unspecified atom stereocenters. The molecular formula is C10H12O5. The predicted octanol–water partition coefficient (Wildman–Crippen LogP) is -0.552. The van der Waals surface area contributed by atoms with Crippen molar-refractivity contribution in [2.24, 2.45) is 0 Å². The van der Waals surface area contributed by atoms with Gasteiger partial charge in [-0.15, -0.1) is 0 Å². The highest BCUT2D eigenvalue weighted by Crippen LogP contribution is 2.32. The summed E-state index contributed by atoms with van der Waals surface area (Å²) in [6.45, 7) is 0.269. The van der Waals surface area contributed by atoms with E-state index in [2.05, 4.69) is 0 Å². The van der Waals surface area contributed by atoms with E-state index in [9.17, 15) is 15.0 Å². The van der Waals surface area contributed by atoms with Crippen LogP contribution in [0, 0.1) is 0 Å². The van der Waals surface area contributed by atoms with E-state index in [4.69, 9.17) is 9.84 Å². The second-order valence-electron chi connectivity index (χ2n) is 3.79. The number of ether oxygens (including phenoxy) is 1. The molecule has 0 aromatic carbocycles. The second-order valence-corrected chi connectivity index (χ2v) is 3.79. The van der Waals surface area contributed by atoms with Gasteiger partial charge in [0, 0.05) is 12.0 Å². The summed E-state index contributed by atoms with van der Waals surface area (Å²) in [6.07, 6.45) is 2.47. The fourth-order valence-corrected chi connectivity index (χ4v) is 1.91. The van der Waals surface area contributed by atoms with Crippen LogP contribution in [0.1, 0.15) is 6.42 Å². The number of hydrogen-bond acceptors (Lipinski definition) is 4. The van der Waals surface area contributed by atoms with Crippen molar-refractivity contribution in [3.63, 3.8) is 0 Å². The fourth-order valence-electron chi connectivity index (χ4n) is 1.91. The average Bonchev–Trinajstić information content (AvgIpc) is 2.28. The van der Waals surface area contributed by atoms with Crippen LogP contribution in [0.4, 0.5) is 0 Å². The molecule has 2 rings (SSSR count). The Morgan fingerprint density at radius 2 is 2.33 bits per heavy atom. The number of rotatable bonds is 1. The molecule has 5 nitrogen and oxygen atoms in total. The van der Waals surface area contributed by atoms with Crippen molar-refractivity contribution in [1.29, 1.82) is 0 Å². The quantitative estimate of drug-likeness (QED) is 0.507. The summed E-state index contributed by atoms with van der Waals surface area (Å²) in [7, 11) is 0. The Hall–Kier alpha value is -1.17. The molecule has 0 amide bonds. The smallest absolute Gasteiger partial charge is 0.331 e. The Morgan fingerprint density at radius 1 is 1.60 bits per heavy atom. The van der Waals surface area contributed by atoms with Gasteiger partial charge >= 0.3 is 5.97 Å². The van der Waals surface area contributed by atoms with Gasteiger partial charge < -0.3 is 20.1 Å². The van der Waals surface area contributed by atoms with Crippen LogP contribution in [-0.2, 0) is 9.53 Å². The molecule has 0 aromatic heterocycles. The first kappa shape index (κ1) is 10.4. The zero-order valence-electron chi connectivity index (χ0n) is 7.96. The lowest BCUT2D eigenvalue weighted by molar-refractivity contribution is -0.136. The van der Waals surface area contributed by atoms with Crippen LogP contribution in [-0.4, -0.2) is 45.7 Å². The SMILES string of the molecule is O=C(O)C1=C[C@]2(O)C=CCO[C@H](C1)[C@@H]2O. The zero-order chi connectivity index (χ0) is 11.1. The molecule has 0 saturated heterocycles. The third-order valence-electron chi connectivity index (χ3n) is 2.72. The number of fused-ring (bicyclic) bond motifs is 2. The van der Waals surface area contributed by atoms with E-state index in [1.807, 2.05) is 0 Å². The standard InChI is InChI=1S/C10H12O5/c11-8-7-4-6(9(12)13)5-10(8,14)2-1-3-15-7/h1-2,5,7-8,11,14H,3-4H2,(H,12,13)/t7-,8+,10-/m1/s1. The van der Waals surface area contributed by atoms with Crippen molar-refractivity contribution >= 4 is 5.97 Å². The van der Waals surface area contributed by atoms with Gasteiger partial charge in [0.2, 0.25) is 0 Å². The lowest BCUT2D eigenvalue weighted by atomic mass is 9.82. The van der Waals surface area contributed by atoms with Crippen molar-refractivity contribution in [3.8, 4) is 0 Å². The van der Waals surface area contributed by atoms with E-state index < -0.39 is 23.8 Å². The fraction of sp³-hybridized carbons (Fsp3) is 0.500. The lowest BCUT2D eigenvalue weighted by Gasteiger charge is -2.35. The van der Waals surface area contributed by atoms with Crippen LogP contribution in [0.3, 0.4) is 0 Å². The molecule has 2 bridgehead atoms. The van der Waals surface area contributed by atoms with Crippen LogP contribution < -0.4 is 0 Å². The number of aliphatic hydroxyl groups is 2. The van der Waals surface area contributed by atoms with Crippen LogP contribution in [0.5, 0.6) is 0 Å². The molecule has 1 heterocycles. The van der Waals surface area contributed by atoms with E-state index in [0.717, 1.165) is 0 Å². The van der Waals surface area contributed by atoms with Gasteiger partial charge in [0.1, 0.15) is 11.7 Å². The van der Waals surface area contributed by atoms with Crippen molar-refractivity contribution in [2.45, 2.75) is 24.2 Å². The summed E-state index contributed by atoms with van der Waals surface area (Å²) in [6, 6.07) is 0. The van der Waals surface area contributed by atoms with Crippen LogP contribution >= 0.6 is 0 Å². The molecular weight excluding hydrogens is 200 g/mol. The maximum absolute atomic E-state index is 10.8. The van der Waals surface area contributed by atoms with Gasteiger partial charge in [-0.05, 0) is 12.2 Å². The van der Waals surface area contributed by atoms with Crippen molar-refractivity contribution < 1.29 is 24.9 Å². The second kappa shape index (κ2) is 3.44. The van der Waals surface area contributed by atoms with Gasteiger partial charge in [-0.3, -0.25) is 0 Å². The van der Waals surface area contributed by atoms with E-state index in [1.54, 1.807) is 6.08 Å². The predicted molar refractivity (Wildman–Crippen MR) is 50.2 cm³/mol. The Morgan fingerprint density at radius 3 is 3.00 bits per heavy atom. The highest BCUT2D eigenvalue weighted by atomic mass is 16.5. The molecule has 1 aliphatic carbocycles. The first-order chi connectivity index (χ1) is 7.03.